The van der Waals surface area contributed by atoms with E-state index in [9.17, 15) is 9.18 Å². The molecule has 0 radical (unpaired) electrons. The van der Waals surface area contributed by atoms with Gasteiger partial charge in [-0.2, -0.15) is 0 Å². The molecule has 21 heavy (non-hydrogen) atoms. The van der Waals surface area contributed by atoms with Gasteiger partial charge in [-0.05, 0) is 43.4 Å². The number of halogens is 1. The zero-order valence-electron chi connectivity index (χ0n) is 11.8. The van der Waals surface area contributed by atoms with Gasteiger partial charge < -0.3 is 15.0 Å². The van der Waals surface area contributed by atoms with Gasteiger partial charge >= 0.3 is 0 Å². The van der Waals surface area contributed by atoms with E-state index >= 15 is 0 Å². The van der Waals surface area contributed by atoms with Crippen molar-refractivity contribution in [2.45, 2.75) is 19.3 Å². The summed E-state index contributed by atoms with van der Waals surface area (Å²) in [6.45, 7) is 2.06. The average Bonchev–Trinajstić information content (AvgIpc) is 3.19. The Kier molecular flexibility index (Phi) is 4.20. The second-order valence-electron chi connectivity index (χ2n) is 5.51. The number of rotatable bonds is 7. The SMILES string of the molecule is O=C(NCCCOCC1CC1)c1cc2c(F)cccc2[nH]1. The second-order valence-corrected chi connectivity index (χ2v) is 5.51. The minimum atomic E-state index is -0.323. The summed E-state index contributed by atoms with van der Waals surface area (Å²) >= 11 is 0. The molecule has 1 aromatic heterocycles. The maximum atomic E-state index is 13.6. The van der Waals surface area contributed by atoms with E-state index in [4.69, 9.17) is 4.74 Å². The lowest BCUT2D eigenvalue weighted by Crippen LogP contribution is -2.25. The van der Waals surface area contributed by atoms with Gasteiger partial charge in [0, 0.05) is 30.7 Å². The van der Waals surface area contributed by atoms with E-state index in [0.29, 0.717) is 29.7 Å². The molecule has 0 saturated heterocycles. The first-order chi connectivity index (χ1) is 10.2. The second kappa shape index (κ2) is 6.26. The number of ether oxygens (including phenoxy) is 1. The molecule has 112 valence electrons. The van der Waals surface area contributed by atoms with E-state index in [2.05, 4.69) is 10.3 Å². The molecule has 1 aliphatic carbocycles. The molecule has 0 aliphatic heterocycles. The van der Waals surface area contributed by atoms with Crippen LogP contribution in [0.15, 0.2) is 24.3 Å². The third-order valence-electron chi connectivity index (χ3n) is 3.66. The quantitative estimate of drug-likeness (QED) is 0.770. The molecule has 1 heterocycles. The Bertz CT molecular complexity index is 634. The van der Waals surface area contributed by atoms with Crippen LogP contribution < -0.4 is 5.32 Å². The highest BCUT2D eigenvalue weighted by molar-refractivity contribution is 5.98. The summed E-state index contributed by atoms with van der Waals surface area (Å²) in [7, 11) is 0. The van der Waals surface area contributed by atoms with Crippen LogP contribution in [0.5, 0.6) is 0 Å². The average molecular weight is 290 g/mol. The molecule has 1 aromatic carbocycles. The number of aromatic nitrogens is 1. The van der Waals surface area contributed by atoms with Gasteiger partial charge in [0.1, 0.15) is 11.5 Å². The molecule has 2 aromatic rings. The number of benzene rings is 1. The topological polar surface area (TPSA) is 54.1 Å². The molecule has 1 aliphatic rings. The summed E-state index contributed by atoms with van der Waals surface area (Å²) in [5.74, 6) is 0.227. The van der Waals surface area contributed by atoms with Crippen LogP contribution >= 0.6 is 0 Å². The lowest BCUT2D eigenvalue weighted by Gasteiger charge is -2.04. The molecule has 2 N–H and O–H groups in total. The Morgan fingerprint density at radius 3 is 3.05 bits per heavy atom. The van der Waals surface area contributed by atoms with Crippen LogP contribution in [0.25, 0.3) is 10.9 Å². The van der Waals surface area contributed by atoms with Crippen LogP contribution in [0, 0.1) is 11.7 Å². The van der Waals surface area contributed by atoms with Crippen molar-refractivity contribution in [3.63, 3.8) is 0 Å². The summed E-state index contributed by atoms with van der Waals surface area (Å²) < 4.78 is 19.1. The van der Waals surface area contributed by atoms with Crippen LogP contribution in [-0.4, -0.2) is 30.6 Å². The van der Waals surface area contributed by atoms with Gasteiger partial charge in [-0.3, -0.25) is 4.79 Å². The normalized spacial score (nSPS) is 14.5. The van der Waals surface area contributed by atoms with E-state index in [1.54, 1.807) is 18.2 Å². The summed E-state index contributed by atoms with van der Waals surface area (Å²) in [6, 6.07) is 6.30. The van der Waals surface area contributed by atoms with Gasteiger partial charge in [0.15, 0.2) is 0 Å². The van der Waals surface area contributed by atoms with Crippen molar-refractivity contribution in [1.82, 2.24) is 10.3 Å². The third kappa shape index (κ3) is 3.61. The number of carbonyl (C=O) groups is 1. The summed E-state index contributed by atoms with van der Waals surface area (Å²) in [4.78, 5) is 14.9. The third-order valence-corrected chi connectivity index (χ3v) is 3.66. The maximum absolute atomic E-state index is 13.6. The molecule has 5 heteroatoms. The number of H-pyrrole nitrogens is 1. The largest absolute Gasteiger partial charge is 0.381 e. The number of carbonyl (C=O) groups excluding carboxylic acids is 1. The van der Waals surface area contributed by atoms with Gasteiger partial charge in [0.25, 0.3) is 5.91 Å². The van der Waals surface area contributed by atoms with Crippen molar-refractivity contribution in [3.05, 3.63) is 35.8 Å². The van der Waals surface area contributed by atoms with Crippen LogP contribution in [-0.2, 0) is 4.74 Å². The maximum Gasteiger partial charge on any atom is 0.267 e. The van der Waals surface area contributed by atoms with Gasteiger partial charge in [-0.15, -0.1) is 0 Å². The molecule has 0 spiro atoms. The predicted octanol–water partition coefficient (Wildman–Crippen LogP) is 2.85. The fourth-order valence-corrected chi connectivity index (χ4v) is 2.25. The van der Waals surface area contributed by atoms with Crippen molar-refractivity contribution in [2.75, 3.05) is 19.8 Å². The molecular formula is C16H19FN2O2. The van der Waals surface area contributed by atoms with Crippen molar-refractivity contribution in [3.8, 4) is 0 Å². The Balaban J connectivity index is 1.46. The smallest absolute Gasteiger partial charge is 0.267 e. The lowest BCUT2D eigenvalue weighted by molar-refractivity contribution is 0.0933. The van der Waals surface area contributed by atoms with E-state index in [1.807, 2.05) is 0 Å². The molecule has 1 saturated carbocycles. The highest BCUT2D eigenvalue weighted by Crippen LogP contribution is 2.28. The standard InChI is InChI=1S/C16H19FN2O2/c17-13-3-1-4-14-12(13)9-15(19-14)16(20)18-7-2-8-21-10-11-5-6-11/h1,3-4,9,11,19H,2,5-8,10H2,(H,18,20). The number of aromatic amines is 1. The summed E-state index contributed by atoms with van der Waals surface area (Å²) in [6.07, 6.45) is 3.36. The van der Waals surface area contributed by atoms with Crippen molar-refractivity contribution in [1.29, 1.82) is 0 Å². The molecule has 0 atom stereocenters. The predicted molar refractivity (Wildman–Crippen MR) is 78.7 cm³/mol. The van der Waals surface area contributed by atoms with E-state index < -0.39 is 0 Å². The van der Waals surface area contributed by atoms with Gasteiger partial charge in [0.05, 0.1) is 0 Å². The molecule has 0 unspecified atom stereocenters. The van der Waals surface area contributed by atoms with Crippen LogP contribution in [0.3, 0.4) is 0 Å². The fourth-order valence-electron chi connectivity index (χ4n) is 2.25. The van der Waals surface area contributed by atoms with E-state index in [0.717, 1.165) is 18.9 Å². The first kappa shape index (κ1) is 14.1. The summed E-state index contributed by atoms with van der Waals surface area (Å²) in [5, 5.41) is 3.25. The fraction of sp³-hybridized carbons (Fsp3) is 0.438. The Morgan fingerprint density at radius 1 is 1.43 bits per heavy atom. The molecule has 4 nitrogen and oxygen atoms in total. The Labute approximate surface area is 122 Å². The number of hydrogen-bond donors (Lipinski definition) is 2. The van der Waals surface area contributed by atoms with Crippen LogP contribution in [0.4, 0.5) is 4.39 Å². The van der Waals surface area contributed by atoms with Crippen molar-refractivity contribution in [2.24, 2.45) is 5.92 Å². The summed E-state index contributed by atoms with van der Waals surface area (Å²) in [5.41, 5.74) is 1.02. The number of nitrogens with one attached hydrogen (secondary N) is 2. The zero-order chi connectivity index (χ0) is 14.7. The Hall–Kier alpha value is -1.88. The van der Waals surface area contributed by atoms with Crippen LogP contribution in [0.1, 0.15) is 29.8 Å². The number of amides is 1. The van der Waals surface area contributed by atoms with E-state index in [1.165, 1.54) is 18.9 Å². The van der Waals surface area contributed by atoms with Crippen molar-refractivity contribution >= 4 is 16.8 Å². The monoisotopic (exact) mass is 290 g/mol. The van der Waals surface area contributed by atoms with Crippen LogP contribution in [0.2, 0.25) is 0 Å². The highest BCUT2D eigenvalue weighted by Gasteiger charge is 2.20. The van der Waals surface area contributed by atoms with Gasteiger partial charge in [-0.25, -0.2) is 4.39 Å². The number of fused-ring (bicyclic) bond motifs is 1. The highest BCUT2D eigenvalue weighted by atomic mass is 19.1. The minimum Gasteiger partial charge on any atom is -0.381 e. The Morgan fingerprint density at radius 2 is 2.29 bits per heavy atom. The minimum absolute atomic E-state index is 0.215. The van der Waals surface area contributed by atoms with Gasteiger partial charge in [-0.1, -0.05) is 6.07 Å². The van der Waals surface area contributed by atoms with Crippen molar-refractivity contribution < 1.29 is 13.9 Å². The number of hydrogen-bond acceptors (Lipinski definition) is 2. The van der Waals surface area contributed by atoms with Gasteiger partial charge in [0.2, 0.25) is 0 Å². The first-order valence-corrected chi connectivity index (χ1v) is 7.37. The zero-order valence-corrected chi connectivity index (χ0v) is 11.8. The molecule has 1 fully saturated rings. The van der Waals surface area contributed by atoms with E-state index in [-0.39, 0.29) is 11.7 Å². The lowest BCUT2D eigenvalue weighted by atomic mass is 10.2. The molecular weight excluding hydrogens is 271 g/mol. The first-order valence-electron chi connectivity index (χ1n) is 7.37. The molecule has 0 bridgehead atoms. The molecule has 1 amide bonds. The molecule has 3 rings (SSSR count).